The van der Waals surface area contributed by atoms with Crippen molar-refractivity contribution < 1.29 is 14.0 Å². The fourth-order valence-electron chi connectivity index (χ4n) is 2.57. The molecule has 25 heavy (non-hydrogen) atoms. The Morgan fingerprint density at radius 3 is 2.96 bits per heavy atom. The molecule has 1 fully saturated rings. The summed E-state index contributed by atoms with van der Waals surface area (Å²) in [7, 11) is 0. The van der Waals surface area contributed by atoms with E-state index in [1.807, 2.05) is 6.07 Å². The van der Waals surface area contributed by atoms with Crippen LogP contribution in [0.4, 0.5) is 4.39 Å². The average molecular weight is 344 g/mol. The van der Waals surface area contributed by atoms with Crippen LogP contribution in [0.2, 0.25) is 0 Å². The van der Waals surface area contributed by atoms with Crippen molar-refractivity contribution in [2.24, 2.45) is 0 Å². The molecule has 2 amide bonds. The second-order valence-corrected chi connectivity index (χ2v) is 5.77. The molecule has 0 bridgehead atoms. The van der Waals surface area contributed by atoms with Crippen molar-refractivity contribution in [3.8, 4) is 6.07 Å². The molecule has 1 aliphatic heterocycles. The molecule has 1 heterocycles. The summed E-state index contributed by atoms with van der Waals surface area (Å²) >= 11 is 0. The van der Waals surface area contributed by atoms with Crippen molar-refractivity contribution in [3.05, 3.63) is 47.4 Å². The standard InChI is InChI=1S/C18H21FN4O2/c19-16-5-1-4-14(10-16)12-21-13-15(11-20)18(25)22-7-3-9-23-8-2-6-17(23)24/h1,4-5,10,13,21H,2-3,6-9,12H2,(H,22,25)/b15-13-. The highest BCUT2D eigenvalue weighted by molar-refractivity contribution is 5.97. The minimum Gasteiger partial charge on any atom is -0.386 e. The Kier molecular flexibility index (Phi) is 6.96. The summed E-state index contributed by atoms with van der Waals surface area (Å²) in [6, 6.07) is 7.91. The lowest BCUT2D eigenvalue weighted by Crippen LogP contribution is -2.31. The van der Waals surface area contributed by atoms with E-state index >= 15 is 0 Å². The summed E-state index contributed by atoms with van der Waals surface area (Å²) in [6.45, 7) is 2.10. The first kappa shape index (κ1) is 18.5. The van der Waals surface area contributed by atoms with E-state index in [0.717, 1.165) is 13.0 Å². The largest absolute Gasteiger partial charge is 0.386 e. The van der Waals surface area contributed by atoms with Crippen LogP contribution in [0.25, 0.3) is 0 Å². The predicted molar refractivity (Wildman–Crippen MR) is 90.4 cm³/mol. The van der Waals surface area contributed by atoms with Crippen LogP contribution in [0.5, 0.6) is 0 Å². The summed E-state index contributed by atoms with van der Waals surface area (Å²) in [5.41, 5.74) is 0.665. The normalized spacial score (nSPS) is 14.3. The Morgan fingerprint density at radius 2 is 2.28 bits per heavy atom. The molecule has 7 heteroatoms. The number of nitrogens with zero attached hydrogens (tertiary/aromatic N) is 2. The second-order valence-electron chi connectivity index (χ2n) is 5.77. The zero-order valence-electron chi connectivity index (χ0n) is 13.9. The van der Waals surface area contributed by atoms with Crippen molar-refractivity contribution in [1.29, 1.82) is 5.26 Å². The van der Waals surface area contributed by atoms with Gasteiger partial charge in [-0.1, -0.05) is 12.1 Å². The van der Waals surface area contributed by atoms with E-state index in [-0.39, 0.29) is 17.3 Å². The van der Waals surface area contributed by atoms with Gasteiger partial charge in [-0.3, -0.25) is 9.59 Å². The number of halogens is 1. The number of carbonyl (C=O) groups is 2. The molecule has 1 saturated heterocycles. The zero-order chi connectivity index (χ0) is 18.1. The summed E-state index contributed by atoms with van der Waals surface area (Å²) in [4.78, 5) is 25.2. The van der Waals surface area contributed by atoms with Crippen LogP contribution >= 0.6 is 0 Å². The molecular weight excluding hydrogens is 323 g/mol. The number of hydrogen-bond acceptors (Lipinski definition) is 4. The monoisotopic (exact) mass is 344 g/mol. The predicted octanol–water partition coefficient (Wildman–Crippen LogP) is 1.45. The van der Waals surface area contributed by atoms with Gasteiger partial charge in [0.2, 0.25) is 5.91 Å². The molecular formula is C18H21FN4O2. The number of likely N-dealkylation sites (tertiary alicyclic amines) is 1. The minimum absolute atomic E-state index is 0.0475. The van der Waals surface area contributed by atoms with Gasteiger partial charge in [-0.05, 0) is 30.5 Å². The van der Waals surface area contributed by atoms with Gasteiger partial charge in [0.25, 0.3) is 5.91 Å². The number of rotatable bonds is 8. The third-order valence-corrected chi connectivity index (χ3v) is 3.87. The Bertz CT molecular complexity index is 697. The number of nitrogens with one attached hydrogen (secondary N) is 2. The van der Waals surface area contributed by atoms with E-state index in [9.17, 15) is 14.0 Å². The van der Waals surface area contributed by atoms with Gasteiger partial charge in [0.1, 0.15) is 17.5 Å². The Morgan fingerprint density at radius 1 is 1.44 bits per heavy atom. The number of hydrogen-bond donors (Lipinski definition) is 2. The number of amides is 2. The van der Waals surface area contributed by atoms with Crippen molar-refractivity contribution in [2.45, 2.75) is 25.8 Å². The van der Waals surface area contributed by atoms with E-state index < -0.39 is 5.91 Å². The van der Waals surface area contributed by atoms with Crippen molar-refractivity contribution >= 4 is 11.8 Å². The molecule has 6 nitrogen and oxygen atoms in total. The van der Waals surface area contributed by atoms with Crippen LogP contribution < -0.4 is 10.6 Å². The Labute approximate surface area is 146 Å². The first-order valence-corrected chi connectivity index (χ1v) is 8.24. The number of benzene rings is 1. The third-order valence-electron chi connectivity index (χ3n) is 3.87. The summed E-state index contributed by atoms with van der Waals surface area (Å²) < 4.78 is 13.1. The van der Waals surface area contributed by atoms with Crippen LogP contribution in [-0.2, 0) is 16.1 Å². The Hall–Kier alpha value is -2.88. The van der Waals surface area contributed by atoms with E-state index in [4.69, 9.17) is 5.26 Å². The molecule has 1 aromatic rings. The molecule has 0 aromatic heterocycles. The highest BCUT2D eigenvalue weighted by Gasteiger charge is 2.19. The lowest BCUT2D eigenvalue weighted by molar-refractivity contribution is -0.127. The van der Waals surface area contributed by atoms with Crippen LogP contribution in [0, 0.1) is 17.1 Å². The van der Waals surface area contributed by atoms with Crippen molar-refractivity contribution in [1.82, 2.24) is 15.5 Å². The van der Waals surface area contributed by atoms with Crippen LogP contribution in [0.15, 0.2) is 36.0 Å². The first-order chi connectivity index (χ1) is 12.1. The van der Waals surface area contributed by atoms with Gasteiger partial charge in [-0.25, -0.2) is 4.39 Å². The maximum atomic E-state index is 13.1. The summed E-state index contributed by atoms with van der Waals surface area (Å²) in [6.07, 6.45) is 3.46. The third kappa shape index (κ3) is 5.92. The van der Waals surface area contributed by atoms with Crippen LogP contribution in [0.1, 0.15) is 24.8 Å². The van der Waals surface area contributed by atoms with Gasteiger partial charge >= 0.3 is 0 Å². The molecule has 2 rings (SSSR count). The number of nitriles is 1. The lowest BCUT2D eigenvalue weighted by atomic mass is 10.2. The second kappa shape index (κ2) is 9.42. The highest BCUT2D eigenvalue weighted by atomic mass is 19.1. The van der Waals surface area contributed by atoms with Gasteiger partial charge in [0.15, 0.2) is 0 Å². The van der Waals surface area contributed by atoms with Gasteiger partial charge in [0, 0.05) is 38.8 Å². The Balaban J connectivity index is 1.72. The topological polar surface area (TPSA) is 85.2 Å². The van der Waals surface area contributed by atoms with Crippen LogP contribution in [-0.4, -0.2) is 36.3 Å². The maximum Gasteiger partial charge on any atom is 0.263 e. The van der Waals surface area contributed by atoms with Gasteiger partial charge in [-0.2, -0.15) is 5.26 Å². The molecule has 0 spiro atoms. The van der Waals surface area contributed by atoms with Gasteiger partial charge < -0.3 is 15.5 Å². The molecule has 1 aromatic carbocycles. The van der Waals surface area contributed by atoms with E-state index in [0.29, 0.717) is 38.0 Å². The zero-order valence-corrected chi connectivity index (χ0v) is 13.9. The SMILES string of the molecule is N#C/C(=C/NCc1cccc(F)c1)C(=O)NCCCN1CCCC1=O. The number of carbonyl (C=O) groups excluding carboxylic acids is 2. The van der Waals surface area contributed by atoms with Crippen molar-refractivity contribution in [2.75, 3.05) is 19.6 Å². The average Bonchev–Trinajstić information content (AvgIpc) is 3.00. The van der Waals surface area contributed by atoms with Crippen molar-refractivity contribution in [3.63, 3.8) is 0 Å². The minimum atomic E-state index is -0.470. The molecule has 0 saturated carbocycles. The molecule has 2 N–H and O–H groups in total. The molecule has 132 valence electrons. The van der Waals surface area contributed by atoms with Gasteiger partial charge in [0.05, 0.1) is 0 Å². The molecule has 0 aliphatic carbocycles. The fraction of sp³-hybridized carbons (Fsp3) is 0.389. The molecule has 1 aliphatic rings. The smallest absolute Gasteiger partial charge is 0.263 e. The molecule has 0 unspecified atom stereocenters. The highest BCUT2D eigenvalue weighted by Crippen LogP contribution is 2.09. The fourth-order valence-corrected chi connectivity index (χ4v) is 2.57. The molecule has 0 radical (unpaired) electrons. The first-order valence-electron chi connectivity index (χ1n) is 8.24. The lowest BCUT2D eigenvalue weighted by Gasteiger charge is -2.15. The summed E-state index contributed by atoms with van der Waals surface area (Å²) in [5.74, 6) is -0.648. The molecule has 0 atom stereocenters. The van der Waals surface area contributed by atoms with E-state index in [1.165, 1.54) is 18.3 Å². The summed E-state index contributed by atoms with van der Waals surface area (Å²) in [5, 5.41) is 14.6. The quantitative estimate of drug-likeness (QED) is 0.425. The van der Waals surface area contributed by atoms with Gasteiger partial charge in [-0.15, -0.1) is 0 Å². The van der Waals surface area contributed by atoms with E-state index in [2.05, 4.69) is 10.6 Å². The van der Waals surface area contributed by atoms with Crippen LogP contribution in [0.3, 0.4) is 0 Å². The van der Waals surface area contributed by atoms with E-state index in [1.54, 1.807) is 17.0 Å². The maximum absolute atomic E-state index is 13.1.